The second kappa shape index (κ2) is 5.22. The highest BCUT2D eigenvalue weighted by Gasteiger charge is 2.17. The van der Waals surface area contributed by atoms with E-state index in [1.165, 1.54) is 22.0 Å². The molecule has 0 aliphatic heterocycles. The topological polar surface area (TPSA) is 15.8 Å². The Bertz CT molecular complexity index is 685. The number of aromatic amines is 1. The number of fused-ring (bicyclic) bond motifs is 1. The third kappa shape index (κ3) is 2.21. The normalized spacial score (nSPS) is 12.7. The highest BCUT2D eigenvalue weighted by molar-refractivity contribution is 9.10. The van der Waals surface area contributed by atoms with Gasteiger partial charge in [0.2, 0.25) is 0 Å². The van der Waals surface area contributed by atoms with E-state index in [1.807, 2.05) is 0 Å². The molecule has 3 aromatic rings. The summed E-state index contributed by atoms with van der Waals surface area (Å²) in [7, 11) is 0. The molecule has 0 fully saturated rings. The molecule has 0 saturated carbocycles. The summed E-state index contributed by atoms with van der Waals surface area (Å²) in [6.45, 7) is 4.13. The number of H-pyrrole nitrogens is 1. The van der Waals surface area contributed by atoms with Gasteiger partial charge in [-0.2, -0.15) is 0 Å². The Labute approximate surface area is 121 Å². The summed E-state index contributed by atoms with van der Waals surface area (Å²) in [6.07, 6.45) is 2.95. The average Bonchev–Trinajstić information content (AvgIpc) is 2.86. The van der Waals surface area contributed by atoms with Crippen molar-refractivity contribution in [2.75, 3.05) is 0 Å². The van der Waals surface area contributed by atoms with Crippen molar-refractivity contribution >= 4 is 26.8 Å². The van der Waals surface area contributed by atoms with Crippen molar-refractivity contribution in [3.63, 3.8) is 0 Å². The van der Waals surface area contributed by atoms with Crippen molar-refractivity contribution < 1.29 is 0 Å². The van der Waals surface area contributed by atoms with Crippen molar-refractivity contribution in [3.8, 4) is 0 Å². The summed E-state index contributed by atoms with van der Waals surface area (Å²) in [5, 5.41) is 1.26. The van der Waals surface area contributed by atoms with E-state index in [2.05, 4.69) is 82.6 Å². The molecule has 1 aromatic heterocycles. The first-order chi connectivity index (χ1) is 9.31. The molecular weight excluding hydrogens is 298 g/mol. The Balaban J connectivity index is 2.17. The van der Waals surface area contributed by atoms with Crippen LogP contribution in [0, 0.1) is 6.92 Å². The molecule has 1 unspecified atom stereocenters. The number of hydrogen-bond acceptors (Lipinski definition) is 0. The molecular formula is C17H15BrN. The zero-order valence-corrected chi connectivity index (χ0v) is 12.2. The quantitative estimate of drug-likeness (QED) is 0.676. The molecule has 1 atom stereocenters. The van der Waals surface area contributed by atoms with Crippen LogP contribution in [0.2, 0.25) is 0 Å². The second-order valence-corrected chi connectivity index (χ2v) is 5.51. The maximum Gasteiger partial charge on any atom is 0.0468 e. The van der Waals surface area contributed by atoms with Crippen molar-refractivity contribution in [1.29, 1.82) is 0 Å². The lowest BCUT2D eigenvalue weighted by Crippen LogP contribution is -1.98. The predicted molar refractivity (Wildman–Crippen MR) is 84.3 cm³/mol. The molecule has 1 nitrogen and oxygen atoms in total. The first kappa shape index (κ1) is 12.5. The van der Waals surface area contributed by atoms with Gasteiger partial charge < -0.3 is 4.98 Å². The lowest BCUT2D eigenvalue weighted by molar-refractivity contribution is 0.834. The van der Waals surface area contributed by atoms with Crippen LogP contribution in [0.1, 0.15) is 23.5 Å². The summed E-state index contributed by atoms with van der Waals surface area (Å²) in [4.78, 5) is 3.36. The van der Waals surface area contributed by atoms with Crippen molar-refractivity contribution in [2.24, 2.45) is 0 Å². The van der Waals surface area contributed by atoms with Gasteiger partial charge in [0.1, 0.15) is 0 Å². The Morgan fingerprint density at radius 1 is 1.05 bits per heavy atom. The van der Waals surface area contributed by atoms with Crippen LogP contribution in [0.5, 0.6) is 0 Å². The number of nitrogens with one attached hydrogen (secondary N) is 1. The number of benzene rings is 2. The molecule has 0 saturated heterocycles. The van der Waals surface area contributed by atoms with Crippen LogP contribution in [-0.2, 0) is 0 Å². The molecule has 0 spiro atoms. The Hall–Kier alpha value is -1.54. The third-order valence-electron chi connectivity index (χ3n) is 3.55. The van der Waals surface area contributed by atoms with E-state index in [0.717, 1.165) is 10.9 Å². The first-order valence-corrected chi connectivity index (χ1v) is 7.20. The maximum atomic E-state index is 4.13. The molecule has 3 rings (SSSR count). The van der Waals surface area contributed by atoms with Gasteiger partial charge in [-0.15, -0.1) is 0 Å². The molecule has 1 N–H and O–H groups in total. The fourth-order valence-electron chi connectivity index (χ4n) is 2.63. The molecule has 0 bridgehead atoms. The Kier molecular flexibility index (Phi) is 3.43. The van der Waals surface area contributed by atoms with Crippen molar-refractivity contribution in [1.82, 2.24) is 4.98 Å². The van der Waals surface area contributed by atoms with Gasteiger partial charge >= 0.3 is 0 Å². The van der Waals surface area contributed by atoms with E-state index < -0.39 is 0 Å². The van der Waals surface area contributed by atoms with Gasteiger partial charge in [-0.05, 0) is 29.7 Å². The van der Waals surface area contributed by atoms with Crippen LogP contribution in [0.4, 0.5) is 0 Å². The van der Waals surface area contributed by atoms with Crippen LogP contribution in [0.25, 0.3) is 10.9 Å². The van der Waals surface area contributed by atoms with E-state index in [4.69, 9.17) is 0 Å². The van der Waals surface area contributed by atoms with Crippen molar-refractivity contribution in [2.45, 2.75) is 12.3 Å². The highest BCUT2D eigenvalue weighted by atomic mass is 79.9. The van der Waals surface area contributed by atoms with E-state index in [9.17, 15) is 0 Å². The van der Waals surface area contributed by atoms with Crippen molar-refractivity contribution in [3.05, 3.63) is 77.3 Å². The molecule has 0 aliphatic carbocycles. The molecule has 0 aliphatic rings. The SMILES string of the molecule is [CH2]CC(c1ccccc1)c1c[nH]c2cccc(Br)c12. The smallest absolute Gasteiger partial charge is 0.0468 e. The van der Waals surface area contributed by atoms with E-state index in [-0.39, 0.29) is 0 Å². The zero-order chi connectivity index (χ0) is 13.2. The average molecular weight is 313 g/mol. The third-order valence-corrected chi connectivity index (χ3v) is 4.21. The van der Waals surface area contributed by atoms with Gasteiger partial charge in [-0.3, -0.25) is 0 Å². The van der Waals surface area contributed by atoms with Gasteiger partial charge in [0.25, 0.3) is 0 Å². The van der Waals surface area contributed by atoms with E-state index in [0.29, 0.717) is 5.92 Å². The zero-order valence-electron chi connectivity index (χ0n) is 10.6. The minimum atomic E-state index is 0.327. The van der Waals surface area contributed by atoms with E-state index >= 15 is 0 Å². The predicted octanol–water partition coefficient (Wildman–Crippen LogP) is 5.29. The van der Waals surface area contributed by atoms with Crippen LogP contribution < -0.4 is 0 Å². The molecule has 1 radical (unpaired) electrons. The van der Waals surface area contributed by atoms with Crippen LogP contribution in [-0.4, -0.2) is 4.98 Å². The fourth-order valence-corrected chi connectivity index (χ4v) is 3.22. The summed E-state index contributed by atoms with van der Waals surface area (Å²) < 4.78 is 1.13. The summed E-state index contributed by atoms with van der Waals surface area (Å²) in [5.74, 6) is 0.327. The summed E-state index contributed by atoms with van der Waals surface area (Å²) in [6, 6.07) is 16.8. The summed E-state index contributed by atoms with van der Waals surface area (Å²) >= 11 is 3.66. The Morgan fingerprint density at radius 2 is 1.84 bits per heavy atom. The van der Waals surface area contributed by atoms with Crippen LogP contribution in [0.15, 0.2) is 59.2 Å². The van der Waals surface area contributed by atoms with Gasteiger partial charge in [0.15, 0.2) is 0 Å². The van der Waals surface area contributed by atoms with Gasteiger partial charge in [0, 0.05) is 27.5 Å². The lowest BCUT2D eigenvalue weighted by atomic mass is 9.89. The van der Waals surface area contributed by atoms with Gasteiger partial charge in [-0.1, -0.05) is 59.3 Å². The van der Waals surface area contributed by atoms with Crippen LogP contribution in [0.3, 0.4) is 0 Å². The number of aromatic nitrogens is 1. The molecule has 0 amide bonds. The number of hydrogen-bond donors (Lipinski definition) is 1. The molecule has 1 heterocycles. The number of halogens is 1. The maximum absolute atomic E-state index is 4.13. The van der Waals surface area contributed by atoms with E-state index in [1.54, 1.807) is 0 Å². The highest BCUT2D eigenvalue weighted by Crippen LogP contribution is 2.36. The second-order valence-electron chi connectivity index (χ2n) is 4.66. The minimum absolute atomic E-state index is 0.327. The fraction of sp³-hybridized carbons (Fsp3) is 0.118. The largest absolute Gasteiger partial charge is 0.361 e. The molecule has 19 heavy (non-hydrogen) atoms. The standard InChI is InChI=1S/C17H15BrN/c1-2-13(12-7-4-3-5-8-12)14-11-19-16-10-6-9-15(18)17(14)16/h3-11,13,19H,1-2H2. The van der Waals surface area contributed by atoms with Crippen LogP contribution >= 0.6 is 15.9 Å². The first-order valence-electron chi connectivity index (χ1n) is 6.41. The lowest BCUT2D eigenvalue weighted by Gasteiger charge is -2.15. The molecule has 2 aromatic carbocycles. The monoisotopic (exact) mass is 312 g/mol. The van der Waals surface area contributed by atoms with Gasteiger partial charge in [0.05, 0.1) is 0 Å². The minimum Gasteiger partial charge on any atom is -0.361 e. The Morgan fingerprint density at radius 3 is 2.58 bits per heavy atom. The summed E-state index contributed by atoms with van der Waals surface area (Å²) in [5.41, 5.74) is 3.79. The molecule has 95 valence electrons. The van der Waals surface area contributed by atoms with Gasteiger partial charge in [-0.25, -0.2) is 0 Å². The molecule has 2 heteroatoms. The number of rotatable bonds is 3.